The maximum atomic E-state index is 12.9. The second kappa shape index (κ2) is 15.4. The Hall–Kier alpha value is -4.64. The predicted molar refractivity (Wildman–Crippen MR) is 158 cm³/mol. The molecule has 0 saturated carbocycles. The van der Waals surface area contributed by atoms with Gasteiger partial charge in [-0.3, -0.25) is 9.59 Å². The van der Waals surface area contributed by atoms with Crippen molar-refractivity contribution in [2.24, 2.45) is 5.92 Å². The number of hydrogen-bond acceptors (Lipinski definition) is 6. The molecule has 0 aliphatic carbocycles. The molecule has 0 spiro atoms. The van der Waals surface area contributed by atoms with Gasteiger partial charge < -0.3 is 19.7 Å². The molecule has 1 aliphatic heterocycles. The zero-order valence-corrected chi connectivity index (χ0v) is 24.0. The molecule has 1 saturated heterocycles. The van der Waals surface area contributed by atoms with E-state index in [1.807, 2.05) is 71.6 Å². The third kappa shape index (κ3) is 9.20. The SMILES string of the molecule is COC(=O)[C@@H](Cc1ccc(OCc2ccccc2)cc1)NC(=O)CC1CCN(C(=O)CCc2ccc(C#N)cc2)CC1. The monoisotopic (exact) mass is 567 g/mol. The van der Waals surface area contributed by atoms with Crippen molar-refractivity contribution in [3.05, 3.63) is 101 Å². The number of hydrogen-bond donors (Lipinski definition) is 1. The highest BCUT2D eigenvalue weighted by molar-refractivity contribution is 5.84. The average Bonchev–Trinajstić information content (AvgIpc) is 3.03. The number of nitriles is 1. The fourth-order valence-electron chi connectivity index (χ4n) is 5.09. The first-order valence-electron chi connectivity index (χ1n) is 14.3. The Morgan fingerprint density at radius 2 is 1.60 bits per heavy atom. The molecule has 8 nitrogen and oxygen atoms in total. The Morgan fingerprint density at radius 3 is 2.24 bits per heavy atom. The molecule has 3 aromatic carbocycles. The molecule has 4 rings (SSSR count). The van der Waals surface area contributed by atoms with Crippen molar-refractivity contribution in [1.29, 1.82) is 5.26 Å². The number of likely N-dealkylation sites (tertiary alicyclic amines) is 1. The summed E-state index contributed by atoms with van der Waals surface area (Å²) in [5, 5.41) is 11.8. The van der Waals surface area contributed by atoms with Crippen molar-refractivity contribution in [3.8, 4) is 11.8 Å². The van der Waals surface area contributed by atoms with Gasteiger partial charge >= 0.3 is 5.97 Å². The van der Waals surface area contributed by atoms with Gasteiger partial charge in [-0.05, 0) is 66.1 Å². The number of methoxy groups -OCH3 is 1. The third-order valence-corrected chi connectivity index (χ3v) is 7.58. The van der Waals surface area contributed by atoms with E-state index in [1.165, 1.54) is 7.11 Å². The molecule has 1 heterocycles. The number of nitrogens with zero attached hydrogens (tertiary/aromatic N) is 2. The topological polar surface area (TPSA) is 109 Å². The highest BCUT2D eigenvalue weighted by atomic mass is 16.5. The minimum atomic E-state index is -0.789. The van der Waals surface area contributed by atoms with E-state index >= 15 is 0 Å². The van der Waals surface area contributed by atoms with E-state index in [2.05, 4.69) is 11.4 Å². The van der Waals surface area contributed by atoms with E-state index in [4.69, 9.17) is 14.7 Å². The van der Waals surface area contributed by atoms with E-state index in [1.54, 1.807) is 12.1 Å². The second-order valence-corrected chi connectivity index (χ2v) is 10.6. The van der Waals surface area contributed by atoms with Crippen molar-refractivity contribution < 1.29 is 23.9 Å². The molecule has 1 N–H and O–H groups in total. The van der Waals surface area contributed by atoms with Crippen LogP contribution in [0.15, 0.2) is 78.9 Å². The van der Waals surface area contributed by atoms with Crippen molar-refractivity contribution in [3.63, 3.8) is 0 Å². The molecule has 8 heteroatoms. The Morgan fingerprint density at radius 1 is 0.929 bits per heavy atom. The summed E-state index contributed by atoms with van der Waals surface area (Å²) in [5.41, 5.74) is 3.59. The summed E-state index contributed by atoms with van der Waals surface area (Å²) in [4.78, 5) is 39.9. The quantitative estimate of drug-likeness (QED) is 0.321. The number of ether oxygens (including phenoxy) is 2. The molecule has 42 heavy (non-hydrogen) atoms. The fraction of sp³-hybridized carbons (Fsp3) is 0.353. The Balaban J connectivity index is 1.20. The van der Waals surface area contributed by atoms with E-state index in [-0.39, 0.29) is 17.7 Å². The molecular formula is C34H37N3O5. The van der Waals surface area contributed by atoms with Crippen LogP contribution >= 0.6 is 0 Å². The normalized spacial score (nSPS) is 14.0. The van der Waals surface area contributed by atoms with Crippen molar-refractivity contribution in [2.45, 2.75) is 51.2 Å². The van der Waals surface area contributed by atoms with Crippen LogP contribution in [0.3, 0.4) is 0 Å². The van der Waals surface area contributed by atoms with E-state index < -0.39 is 12.0 Å². The molecule has 2 amide bonds. The second-order valence-electron chi connectivity index (χ2n) is 10.6. The molecule has 1 atom stereocenters. The zero-order valence-electron chi connectivity index (χ0n) is 24.0. The smallest absolute Gasteiger partial charge is 0.328 e. The highest BCUT2D eigenvalue weighted by Crippen LogP contribution is 2.22. The van der Waals surface area contributed by atoms with Crippen LogP contribution in [0.4, 0.5) is 0 Å². The maximum absolute atomic E-state index is 12.9. The number of benzene rings is 3. The van der Waals surface area contributed by atoms with E-state index in [9.17, 15) is 14.4 Å². The van der Waals surface area contributed by atoms with Gasteiger partial charge in [-0.2, -0.15) is 5.26 Å². The standard InChI is InChI=1S/C34H37N3O5/c1-41-34(40)31(21-26-11-14-30(15-12-26)42-24-29-5-3-2-4-6-29)36-32(38)22-27-17-19-37(20-18-27)33(39)16-13-25-7-9-28(23-35)10-8-25/h2-12,14-15,27,31H,13,16-22,24H2,1H3,(H,36,38)/t31-/m1/s1. The molecule has 0 aromatic heterocycles. The number of aryl methyl sites for hydroxylation is 1. The number of carbonyl (C=O) groups excluding carboxylic acids is 3. The summed E-state index contributed by atoms with van der Waals surface area (Å²) >= 11 is 0. The summed E-state index contributed by atoms with van der Waals surface area (Å²) in [6.07, 6.45) is 3.13. The van der Waals surface area contributed by atoms with Gasteiger partial charge in [0.2, 0.25) is 11.8 Å². The first-order valence-corrected chi connectivity index (χ1v) is 14.3. The van der Waals surface area contributed by atoms with Gasteiger partial charge in [0.1, 0.15) is 18.4 Å². The minimum absolute atomic E-state index is 0.101. The van der Waals surface area contributed by atoms with Gasteiger partial charge in [0.25, 0.3) is 0 Å². The summed E-state index contributed by atoms with van der Waals surface area (Å²) in [5.74, 6) is 0.283. The van der Waals surface area contributed by atoms with Gasteiger partial charge in [-0.25, -0.2) is 4.79 Å². The van der Waals surface area contributed by atoms with Crippen LogP contribution in [0.1, 0.15) is 47.9 Å². The van der Waals surface area contributed by atoms with Crippen molar-refractivity contribution in [1.82, 2.24) is 10.2 Å². The van der Waals surface area contributed by atoms with Crippen LogP contribution in [0.2, 0.25) is 0 Å². The zero-order chi connectivity index (χ0) is 29.7. The largest absolute Gasteiger partial charge is 0.489 e. The summed E-state index contributed by atoms with van der Waals surface area (Å²) < 4.78 is 10.8. The molecule has 0 unspecified atom stereocenters. The van der Waals surface area contributed by atoms with E-state index in [0.29, 0.717) is 50.9 Å². The number of amides is 2. The van der Waals surface area contributed by atoms with Crippen LogP contribution < -0.4 is 10.1 Å². The van der Waals surface area contributed by atoms with Crippen LogP contribution in [-0.4, -0.2) is 48.9 Å². The van der Waals surface area contributed by atoms with Crippen LogP contribution in [0, 0.1) is 17.2 Å². The lowest BCUT2D eigenvalue weighted by Crippen LogP contribution is -2.44. The van der Waals surface area contributed by atoms with Crippen LogP contribution in [0.5, 0.6) is 5.75 Å². The van der Waals surface area contributed by atoms with Gasteiger partial charge in [0, 0.05) is 32.4 Å². The molecule has 3 aromatic rings. The fourth-order valence-corrected chi connectivity index (χ4v) is 5.09. The summed E-state index contributed by atoms with van der Waals surface area (Å²) in [6.45, 7) is 1.69. The lowest BCUT2D eigenvalue weighted by atomic mass is 9.92. The number of carbonyl (C=O) groups is 3. The lowest BCUT2D eigenvalue weighted by molar-refractivity contribution is -0.145. The number of esters is 1. The van der Waals surface area contributed by atoms with Crippen molar-refractivity contribution >= 4 is 17.8 Å². The number of rotatable bonds is 12. The molecule has 218 valence electrons. The first kappa shape index (κ1) is 30.3. The molecule has 1 fully saturated rings. The predicted octanol–water partition coefficient (Wildman–Crippen LogP) is 4.60. The van der Waals surface area contributed by atoms with Gasteiger partial charge in [-0.1, -0.05) is 54.6 Å². The van der Waals surface area contributed by atoms with Gasteiger partial charge in [0.05, 0.1) is 18.7 Å². The van der Waals surface area contributed by atoms with Gasteiger partial charge in [-0.15, -0.1) is 0 Å². The maximum Gasteiger partial charge on any atom is 0.328 e. The van der Waals surface area contributed by atoms with Crippen LogP contribution in [-0.2, 0) is 38.6 Å². The molecular weight excluding hydrogens is 530 g/mol. The first-order chi connectivity index (χ1) is 20.4. The van der Waals surface area contributed by atoms with Gasteiger partial charge in [0.15, 0.2) is 0 Å². The molecule has 0 bridgehead atoms. The van der Waals surface area contributed by atoms with E-state index in [0.717, 1.165) is 35.3 Å². The lowest BCUT2D eigenvalue weighted by Gasteiger charge is -2.32. The third-order valence-electron chi connectivity index (χ3n) is 7.58. The number of piperidine rings is 1. The molecule has 1 aliphatic rings. The van der Waals surface area contributed by atoms with Crippen LogP contribution in [0.25, 0.3) is 0 Å². The highest BCUT2D eigenvalue weighted by Gasteiger charge is 2.27. The Kier molecular flexibility index (Phi) is 11.1. The Labute approximate surface area is 247 Å². The number of nitrogens with one attached hydrogen (secondary N) is 1. The molecule has 0 radical (unpaired) electrons. The summed E-state index contributed by atoms with van der Waals surface area (Å²) in [7, 11) is 1.32. The summed E-state index contributed by atoms with van der Waals surface area (Å²) in [6, 6.07) is 26.0. The Bertz CT molecular complexity index is 1360. The van der Waals surface area contributed by atoms with Crippen molar-refractivity contribution in [2.75, 3.05) is 20.2 Å². The minimum Gasteiger partial charge on any atom is -0.489 e. The average molecular weight is 568 g/mol.